The Labute approximate surface area is 125 Å². The van der Waals surface area contributed by atoms with Gasteiger partial charge in [0.1, 0.15) is 11.4 Å². The number of carbonyl (C=O) groups is 1. The van der Waals surface area contributed by atoms with Crippen molar-refractivity contribution >= 4 is 23.2 Å². The molecular weight excluding hydrogens is 292 g/mol. The van der Waals surface area contributed by atoms with E-state index in [0.29, 0.717) is 5.56 Å². The second-order valence-corrected chi connectivity index (χ2v) is 4.47. The van der Waals surface area contributed by atoms with E-state index in [4.69, 9.17) is 5.11 Å². The van der Waals surface area contributed by atoms with Crippen molar-refractivity contribution in [1.29, 1.82) is 0 Å². The van der Waals surface area contributed by atoms with E-state index in [1.165, 1.54) is 18.3 Å². The summed E-state index contributed by atoms with van der Waals surface area (Å²) in [5.74, 6) is -3.16. The van der Waals surface area contributed by atoms with Crippen molar-refractivity contribution in [2.24, 2.45) is 0 Å². The van der Waals surface area contributed by atoms with Crippen LogP contribution in [-0.4, -0.2) is 16.1 Å². The van der Waals surface area contributed by atoms with Gasteiger partial charge in [0.05, 0.1) is 11.4 Å². The molecule has 7 heteroatoms. The average molecular weight is 305 g/mol. The summed E-state index contributed by atoms with van der Waals surface area (Å²) in [4.78, 5) is 14.8. The predicted octanol–water partition coefficient (Wildman–Crippen LogP) is 3.67. The van der Waals surface area contributed by atoms with E-state index in [9.17, 15) is 13.6 Å². The van der Waals surface area contributed by atoms with Gasteiger partial charge in [0.15, 0.2) is 11.6 Å². The van der Waals surface area contributed by atoms with Crippen LogP contribution in [0.15, 0.2) is 37.2 Å². The minimum absolute atomic E-state index is 0.0391. The van der Waals surface area contributed by atoms with Crippen LogP contribution < -0.4 is 10.6 Å². The number of rotatable bonds is 5. The SMILES string of the molecule is C=CNc1ncc(C(=O)O)c(Nc2ccc(C)cc2F)c1F. The van der Waals surface area contributed by atoms with Crippen molar-refractivity contribution in [3.63, 3.8) is 0 Å². The number of benzene rings is 1. The first-order valence-corrected chi connectivity index (χ1v) is 6.26. The van der Waals surface area contributed by atoms with Gasteiger partial charge in [0, 0.05) is 6.20 Å². The van der Waals surface area contributed by atoms with E-state index in [0.717, 1.165) is 6.20 Å². The maximum atomic E-state index is 14.4. The van der Waals surface area contributed by atoms with Crippen LogP contribution in [0.4, 0.5) is 26.0 Å². The Bertz CT molecular complexity index is 748. The Kier molecular flexibility index (Phi) is 4.36. The summed E-state index contributed by atoms with van der Waals surface area (Å²) in [7, 11) is 0. The zero-order valence-corrected chi connectivity index (χ0v) is 11.7. The lowest BCUT2D eigenvalue weighted by molar-refractivity contribution is 0.0697. The first kappa shape index (κ1) is 15.4. The normalized spacial score (nSPS) is 10.1. The Morgan fingerprint density at radius 3 is 2.73 bits per heavy atom. The number of hydrogen-bond acceptors (Lipinski definition) is 4. The molecule has 0 saturated carbocycles. The van der Waals surface area contributed by atoms with Crippen molar-refractivity contribution in [2.75, 3.05) is 10.6 Å². The molecule has 0 saturated heterocycles. The highest BCUT2D eigenvalue weighted by Crippen LogP contribution is 2.29. The van der Waals surface area contributed by atoms with Gasteiger partial charge in [-0.3, -0.25) is 0 Å². The molecule has 2 rings (SSSR count). The summed E-state index contributed by atoms with van der Waals surface area (Å²) >= 11 is 0. The van der Waals surface area contributed by atoms with Crippen LogP contribution >= 0.6 is 0 Å². The summed E-state index contributed by atoms with van der Waals surface area (Å²) in [6.45, 7) is 5.08. The van der Waals surface area contributed by atoms with E-state index in [1.807, 2.05) is 0 Å². The summed E-state index contributed by atoms with van der Waals surface area (Å²) in [6.07, 6.45) is 2.17. The van der Waals surface area contributed by atoms with Crippen molar-refractivity contribution < 1.29 is 18.7 Å². The molecule has 0 atom stereocenters. The Morgan fingerprint density at radius 2 is 2.14 bits per heavy atom. The molecule has 0 amide bonds. The fourth-order valence-electron chi connectivity index (χ4n) is 1.82. The zero-order valence-electron chi connectivity index (χ0n) is 11.7. The first-order chi connectivity index (χ1) is 10.4. The van der Waals surface area contributed by atoms with Crippen LogP contribution in [0.25, 0.3) is 0 Å². The van der Waals surface area contributed by atoms with Gasteiger partial charge >= 0.3 is 5.97 Å². The minimum Gasteiger partial charge on any atom is -0.478 e. The number of nitrogens with zero attached hydrogens (tertiary/aromatic N) is 1. The second-order valence-electron chi connectivity index (χ2n) is 4.47. The Morgan fingerprint density at radius 1 is 1.41 bits per heavy atom. The third-order valence-electron chi connectivity index (χ3n) is 2.87. The van der Waals surface area contributed by atoms with Crippen molar-refractivity contribution in [3.8, 4) is 0 Å². The number of carboxylic acids is 1. The first-order valence-electron chi connectivity index (χ1n) is 6.26. The maximum absolute atomic E-state index is 14.4. The third kappa shape index (κ3) is 3.03. The molecule has 1 heterocycles. The number of nitrogens with one attached hydrogen (secondary N) is 2. The lowest BCUT2D eigenvalue weighted by Crippen LogP contribution is -2.09. The number of carboxylic acid groups (broad SMARTS) is 1. The highest BCUT2D eigenvalue weighted by Gasteiger charge is 2.20. The van der Waals surface area contributed by atoms with Crippen molar-refractivity contribution in [2.45, 2.75) is 6.92 Å². The number of aromatic carboxylic acids is 1. The Hall–Kier alpha value is -2.96. The van der Waals surface area contributed by atoms with Crippen LogP contribution in [0, 0.1) is 18.6 Å². The molecule has 0 aliphatic carbocycles. The van der Waals surface area contributed by atoms with Gasteiger partial charge in [0.25, 0.3) is 0 Å². The molecule has 1 aromatic heterocycles. The van der Waals surface area contributed by atoms with Gasteiger partial charge in [-0.15, -0.1) is 0 Å². The molecule has 0 fully saturated rings. The topological polar surface area (TPSA) is 74.2 Å². The summed E-state index contributed by atoms with van der Waals surface area (Å²) < 4.78 is 28.2. The van der Waals surface area contributed by atoms with E-state index >= 15 is 0 Å². The van der Waals surface area contributed by atoms with Crippen molar-refractivity contribution in [3.05, 3.63) is 59.9 Å². The Balaban J connectivity index is 2.53. The van der Waals surface area contributed by atoms with Gasteiger partial charge in [-0.2, -0.15) is 0 Å². The summed E-state index contributed by atoms with van der Waals surface area (Å²) in [5.41, 5.74) is -0.143. The van der Waals surface area contributed by atoms with E-state index in [-0.39, 0.29) is 17.2 Å². The summed E-state index contributed by atoms with van der Waals surface area (Å²) in [5, 5.41) is 14.0. The number of aromatic nitrogens is 1. The van der Waals surface area contributed by atoms with Crippen LogP contribution in [0.3, 0.4) is 0 Å². The molecule has 0 aliphatic heterocycles. The lowest BCUT2D eigenvalue weighted by Gasteiger charge is -2.13. The highest BCUT2D eigenvalue weighted by atomic mass is 19.1. The number of aryl methyl sites for hydroxylation is 1. The van der Waals surface area contributed by atoms with E-state index in [2.05, 4.69) is 22.2 Å². The number of anilines is 3. The van der Waals surface area contributed by atoms with Crippen LogP contribution in [0.2, 0.25) is 0 Å². The molecule has 2 aromatic rings. The van der Waals surface area contributed by atoms with Gasteiger partial charge < -0.3 is 15.7 Å². The molecule has 114 valence electrons. The van der Waals surface area contributed by atoms with Crippen LogP contribution in [0.1, 0.15) is 15.9 Å². The zero-order chi connectivity index (χ0) is 16.3. The molecule has 22 heavy (non-hydrogen) atoms. The molecule has 3 N–H and O–H groups in total. The molecule has 1 aromatic carbocycles. The number of halogens is 2. The predicted molar refractivity (Wildman–Crippen MR) is 79.4 cm³/mol. The molecule has 0 aliphatic rings. The molecule has 0 unspecified atom stereocenters. The second kappa shape index (κ2) is 6.21. The van der Waals surface area contributed by atoms with Gasteiger partial charge in [-0.1, -0.05) is 12.6 Å². The lowest BCUT2D eigenvalue weighted by atomic mass is 10.1. The number of hydrogen-bond donors (Lipinski definition) is 3. The number of pyridine rings is 1. The standard InChI is InChI=1S/C15H13F2N3O2/c1-3-18-14-12(17)13(9(7-19-14)15(21)22)20-11-5-4-8(2)6-10(11)16/h3-7H,1H2,2H3,(H,21,22)(H2,18,19,20). The third-order valence-corrected chi connectivity index (χ3v) is 2.87. The van der Waals surface area contributed by atoms with Crippen molar-refractivity contribution in [1.82, 2.24) is 4.98 Å². The minimum atomic E-state index is -1.38. The molecule has 0 spiro atoms. The van der Waals surface area contributed by atoms with Crippen LogP contribution in [-0.2, 0) is 0 Å². The summed E-state index contributed by atoms with van der Waals surface area (Å²) in [6, 6.07) is 4.27. The average Bonchev–Trinajstić information content (AvgIpc) is 2.45. The molecule has 0 bridgehead atoms. The quantitative estimate of drug-likeness (QED) is 0.786. The van der Waals surface area contributed by atoms with E-state index in [1.54, 1.807) is 13.0 Å². The maximum Gasteiger partial charge on any atom is 0.339 e. The largest absolute Gasteiger partial charge is 0.478 e. The fraction of sp³-hybridized carbons (Fsp3) is 0.0667. The highest BCUT2D eigenvalue weighted by molar-refractivity contribution is 5.95. The van der Waals surface area contributed by atoms with Gasteiger partial charge in [0.2, 0.25) is 0 Å². The van der Waals surface area contributed by atoms with Gasteiger partial charge in [-0.25, -0.2) is 18.6 Å². The smallest absolute Gasteiger partial charge is 0.339 e. The molecule has 0 radical (unpaired) electrons. The van der Waals surface area contributed by atoms with Gasteiger partial charge in [-0.05, 0) is 30.8 Å². The fourth-order valence-corrected chi connectivity index (χ4v) is 1.82. The molecule has 5 nitrogen and oxygen atoms in total. The monoisotopic (exact) mass is 305 g/mol. The molecular formula is C15H13F2N3O2. The van der Waals surface area contributed by atoms with E-state index < -0.39 is 23.2 Å². The van der Waals surface area contributed by atoms with Crippen LogP contribution in [0.5, 0.6) is 0 Å².